The molecule has 136 valence electrons. The zero-order chi connectivity index (χ0) is 18.4. The van der Waals surface area contributed by atoms with Crippen LogP contribution < -0.4 is 5.32 Å². The molecule has 1 aliphatic rings. The number of piperazine rings is 1. The van der Waals surface area contributed by atoms with Crippen LogP contribution in [0.15, 0.2) is 6.07 Å². The quantitative estimate of drug-likeness (QED) is 0.910. The van der Waals surface area contributed by atoms with Gasteiger partial charge in [-0.05, 0) is 39.7 Å². The number of hydrogen-bond acceptors (Lipinski definition) is 4. The molecule has 25 heavy (non-hydrogen) atoms. The number of carbonyl (C=O) groups excluding carboxylic acids is 1. The van der Waals surface area contributed by atoms with Gasteiger partial charge in [0.25, 0.3) is 5.91 Å². The van der Waals surface area contributed by atoms with E-state index < -0.39 is 0 Å². The van der Waals surface area contributed by atoms with Crippen LogP contribution >= 0.6 is 0 Å². The van der Waals surface area contributed by atoms with Crippen LogP contribution in [0.1, 0.15) is 62.3 Å². The van der Waals surface area contributed by atoms with E-state index in [9.17, 15) is 4.79 Å². The van der Waals surface area contributed by atoms with Gasteiger partial charge in [-0.25, -0.2) is 9.67 Å². The molecule has 0 unspecified atom stereocenters. The first-order valence-electron chi connectivity index (χ1n) is 9.11. The zero-order valence-electron chi connectivity index (χ0n) is 16.2. The number of aromatic nitrogens is 3. The highest BCUT2D eigenvalue weighted by molar-refractivity contribution is 6.06. The molecule has 0 aliphatic carbocycles. The van der Waals surface area contributed by atoms with Crippen LogP contribution in [0.5, 0.6) is 0 Å². The van der Waals surface area contributed by atoms with Crippen LogP contribution in [0.3, 0.4) is 0 Å². The van der Waals surface area contributed by atoms with Crippen LogP contribution in [0.25, 0.3) is 11.0 Å². The average Bonchev–Trinajstić information content (AvgIpc) is 2.91. The number of amides is 1. The Morgan fingerprint density at radius 2 is 1.88 bits per heavy atom. The Labute approximate surface area is 149 Å². The van der Waals surface area contributed by atoms with Gasteiger partial charge < -0.3 is 10.2 Å². The molecule has 3 heterocycles. The van der Waals surface area contributed by atoms with Crippen molar-refractivity contribution in [1.29, 1.82) is 0 Å². The summed E-state index contributed by atoms with van der Waals surface area (Å²) in [5.41, 5.74) is 3.17. The molecule has 1 N–H and O–H groups in total. The van der Waals surface area contributed by atoms with Crippen LogP contribution in [0, 0.1) is 6.92 Å². The molecule has 1 aliphatic heterocycles. The minimum atomic E-state index is -0.190. The van der Waals surface area contributed by atoms with E-state index in [0.717, 1.165) is 54.2 Å². The summed E-state index contributed by atoms with van der Waals surface area (Å²) < 4.78 is 1.96. The summed E-state index contributed by atoms with van der Waals surface area (Å²) in [5.74, 6) is 0.343. The van der Waals surface area contributed by atoms with Gasteiger partial charge >= 0.3 is 0 Å². The fraction of sp³-hybridized carbons (Fsp3) is 0.632. The molecule has 0 saturated carbocycles. The second kappa shape index (κ2) is 6.41. The second-order valence-corrected chi connectivity index (χ2v) is 8.16. The molecule has 2 aromatic heterocycles. The van der Waals surface area contributed by atoms with Crippen molar-refractivity contribution in [1.82, 2.24) is 25.0 Å². The van der Waals surface area contributed by atoms with Gasteiger partial charge in [-0.2, -0.15) is 5.10 Å². The molecular weight excluding hydrogens is 314 g/mol. The smallest absolute Gasteiger partial charge is 0.254 e. The topological polar surface area (TPSA) is 63.1 Å². The number of hydrogen-bond donors (Lipinski definition) is 1. The molecule has 2 aromatic rings. The largest absolute Gasteiger partial charge is 0.336 e. The maximum Gasteiger partial charge on any atom is 0.254 e. The molecule has 1 amide bonds. The summed E-state index contributed by atoms with van der Waals surface area (Å²) in [4.78, 5) is 20.0. The number of rotatable bonds is 2. The Hall–Kier alpha value is -1.95. The maximum absolute atomic E-state index is 13.2. The average molecular weight is 343 g/mol. The van der Waals surface area contributed by atoms with E-state index in [4.69, 9.17) is 10.1 Å². The summed E-state index contributed by atoms with van der Waals surface area (Å²) in [6.45, 7) is 15.7. The van der Waals surface area contributed by atoms with E-state index in [0.29, 0.717) is 0 Å². The lowest BCUT2D eigenvalue weighted by Gasteiger charge is -2.28. The molecule has 0 aromatic carbocycles. The van der Waals surface area contributed by atoms with E-state index in [-0.39, 0.29) is 17.4 Å². The van der Waals surface area contributed by atoms with Crippen molar-refractivity contribution in [3.05, 3.63) is 23.0 Å². The van der Waals surface area contributed by atoms with E-state index in [1.807, 2.05) is 22.6 Å². The molecule has 6 nitrogen and oxygen atoms in total. The molecule has 6 heteroatoms. The molecule has 0 radical (unpaired) electrons. The minimum Gasteiger partial charge on any atom is -0.336 e. The van der Waals surface area contributed by atoms with Crippen LogP contribution in [-0.2, 0) is 5.54 Å². The number of fused-ring (bicyclic) bond motifs is 1. The molecule has 0 atom stereocenters. The summed E-state index contributed by atoms with van der Waals surface area (Å²) in [5, 5.41) is 8.91. The van der Waals surface area contributed by atoms with Gasteiger partial charge in [0.2, 0.25) is 0 Å². The van der Waals surface area contributed by atoms with Crippen molar-refractivity contribution in [2.24, 2.45) is 0 Å². The Bertz CT molecular complexity index is 794. The maximum atomic E-state index is 13.2. The highest BCUT2D eigenvalue weighted by atomic mass is 16.2. The number of nitrogens with zero attached hydrogens (tertiary/aromatic N) is 4. The molecule has 1 fully saturated rings. The Morgan fingerprint density at radius 1 is 1.24 bits per heavy atom. The molecule has 0 spiro atoms. The lowest BCUT2D eigenvalue weighted by atomic mass is 10.0. The van der Waals surface area contributed by atoms with Gasteiger partial charge in [0.05, 0.1) is 22.2 Å². The SMILES string of the molecule is Cc1nn(C(C)(C)C)c2nc(C(C)C)cc(C(=O)N3CCNCC3)c12. The predicted molar refractivity (Wildman–Crippen MR) is 100 cm³/mol. The van der Waals surface area contributed by atoms with Gasteiger partial charge in [0.15, 0.2) is 5.65 Å². The summed E-state index contributed by atoms with van der Waals surface area (Å²) >= 11 is 0. The van der Waals surface area contributed by atoms with Crippen molar-refractivity contribution in [3.63, 3.8) is 0 Å². The van der Waals surface area contributed by atoms with Crippen molar-refractivity contribution in [3.8, 4) is 0 Å². The lowest BCUT2D eigenvalue weighted by Crippen LogP contribution is -2.46. The Morgan fingerprint density at radius 3 is 2.44 bits per heavy atom. The molecule has 3 rings (SSSR count). The van der Waals surface area contributed by atoms with Crippen molar-refractivity contribution in [2.45, 2.75) is 53.0 Å². The van der Waals surface area contributed by atoms with Gasteiger partial charge in [-0.15, -0.1) is 0 Å². The predicted octanol–water partition coefficient (Wildman–Crippen LogP) is 2.66. The number of nitrogens with one attached hydrogen (secondary N) is 1. The summed E-state index contributed by atoms with van der Waals surface area (Å²) in [6.07, 6.45) is 0. The normalized spacial score (nSPS) is 16.0. The highest BCUT2D eigenvalue weighted by Gasteiger charge is 2.27. The number of aryl methyl sites for hydroxylation is 1. The monoisotopic (exact) mass is 343 g/mol. The fourth-order valence-corrected chi connectivity index (χ4v) is 3.28. The standard InChI is InChI=1S/C19H29N5O/c1-12(2)15-11-14(18(25)23-9-7-20-8-10-23)16-13(3)22-24(17(16)21-15)19(4,5)6/h11-12,20H,7-10H2,1-6H3. The number of carbonyl (C=O) groups is 1. The van der Waals surface area contributed by atoms with Crippen molar-refractivity contribution in [2.75, 3.05) is 26.2 Å². The van der Waals surface area contributed by atoms with Crippen molar-refractivity contribution < 1.29 is 4.79 Å². The van der Waals surface area contributed by atoms with Gasteiger partial charge in [0, 0.05) is 31.9 Å². The molecule has 0 bridgehead atoms. The van der Waals surface area contributed by atoms with E-state index in [1.165, 1.54) is 0 Å². The van der Waals surface area contributed by atoms with Gasteiger partial charge in [-0.1, -0.05) is 13.8 Å². The molecular formula is C19H29N5O. The van der Waals surface area contributed by atoms with Crippen LogP contribution in [0.2, 0.25) is 0 Å². The fourth-order valence-electron chi connectivity index (χ4n) is 3.28. The van der Waals surface area contributed by atoms with Crippen LogP contribution in [0.4, 0.5) is 0 Å². The third-order valence-corrected chi connectivity index (χ3v) is 4.69. The highest BCUT2D eigenvalue weighted by Crippen LogP contribution is 2.29. The van der Waals surface area contributed by atoms with E-state index in [2.05, 4.69) is 39.9 Å². The minimum absolute atomic E-state index is 0.0901. The van der Waals surface area contributed by atoms with E-state index in [1.54, 1.807) is 0 Å². The Kier molecular flexibility index (Phi) is 4.58. The van der Waals surface area contributed by atoms with E-state index >= 15 is 0 Å². The first kappa shape index (κ1) is 17.9. The van der Waals surface area contributed by atoms with Gasteiger partial charge in [0.1, 0.15) is 0 Å². The van der Waals surface area contributed by atoms with Gasteiger partial charge in [-0.3, -0.25) is 4.79 Å². The second-order valence-electron chi connectivity index (χ2n) is 8.16. The number of pyridine rings is 1. The van der Waals surface area contributed by atoms with Crippen LogP contribution in [-0.4, -0.2) is 51.8 Å². The first-order chi connectivity index (χ1) is 11.7. The summed E-state index contributed by atoms with van der Waals surface area (Å²) in [7, 11) is 0. The third-order valence-electron chi connectivity index (χ3n) is 4.69. The first-order valence-corrected chi connectivity index (χ1v) is 9.11. The summed E-state index contributed by atoms with van der Waals surface area (Å²) in [6, 6.07) is 1.97. The zero-order valence-corrected chi connectivity index (χ0v) is 16.2. The van der Waals surface area contributed by atoms with Crippen molar-refractivity contribution >= 4 is 16.9 Å². The Balaban J connectivity index is 2.22. The molecule has 1 saturated heterocycles. The third kappa shape index (κ3) is 3.27. The lowest BCUT2D eigenvalue weighted by molar-refractivity contribution is 0.0737.